The number of ether oxygens (including phenoxy) is 1. The second kappa shape index (κ2) is 6.55. The molecule has 0 unspecified atom stereocenters. The summed E-state index contributed by atoms with van der Waals surface area (Å²) in [7, 11) is 0. The number of hydrogen-bond acceptors (Lipinski definition) is 3. The highest BCUT2D eigenvalue weighted by Gasteiger charge is 2.32. The van der Waals surface area contributed by atoms with Crippen LogP contribution in [0, 0.1) is 0 Å². The van der Waals surface area contributed by atoms with Crippen LogP contribution in [-0.4, -0.2) is 29.4 Å². The van der Waals surface area contributed by atoms with Gasteiger partial charge >= 0.3 is 0 Å². The molecule has 2 aromatic carbocycles. The molecule has 1 aliphatic heterocycles. The predicted molar refractivity (Wildman–Crippen MR) is 99.0 cm³/mol. The molecular weight excluding hydrogens is 330 g/mol. The molecule has 2 heterocycles. The van der Waals surface area contributed by atoms with E-state index in [1.165, 1.54) is 4.90 Å². The molecule has 0 bridgehead atoms. The van der Waals surface area contributed by atoms with E-state index in [4.69, 9.17) is 4.74 Å². The molecule has 6 nitrogen and oxygen atoms in total. The van der Waals surface area contributed by atoms with Gasteiger partial charge in [0.2, 0.25) is 5.91 Å². The predicted octanol–water partition coefficient (Wildman–Crippen LogP) is 2.60. The SMILES string of the molecule is C[C@H]1Oc2ccccc2N(CC(=O)NCc2cc3ccccc3[nH]2)C1=O. The monoisotopic (exact) mass is 349 g/mol. The fourth-order valence-electron chi connectivity index (χ4n) is 3.14. The molecule has 0 saturated carbocycles. The minimum Gasteiger partial charge on any atom is -0.479 e. The number of benzene rings is 2. The van der Waals surface area contributed by atoms with Crippen LogP contribution in [0.1, 0.15) is 12.6 Å². The zero-order valence-electron chi connectivity index (χ0n) is 14.4. The van der Waals surface area contributed by atoms with Crippen molar-refractivity contribution in [1.29, 1.82) is 0 Å². The zero-order chi connectivity index (χ0) is 18.1. The Bertz CT molecular complexity index is 946. The van der Waals surface area contributed by atoms with Crippen molar-refractivity contribution >= 4 is 28.4 Å². The molecule has 0 aliphatic carbocycles. The molecule has 0 radical (unpaired) electrons. The summed E-state index contributed by atoms with van der Waals surface area (Å²) < 4.78 is 5.59. The minimum absolute atomic E-state index is 0.0379. The van der Waals surface area contributed by atoms with Gasteiger partial charge in [-0.05, 0) is 36.6 Å². The van der Waals surface area contributed by atoms with E-state index in [0.717, 1.165) is 16.6 Å². The van der Waals surface area contributed by atoms with Crippen molar-refractivity contribution in [3.63, 3.8) is 0 Å². The number of carbonyl (C=O) groups is 2. The lowest BCUT2D eigenvalue weighted by molar-refractivity contribution is -0.128. The van der Waals surface area contributed by atoms with Gasteiger partial charge in [-0.1, -0.05) is 30.3 Å². The van der Waals surface area contributed by atoms with Crippen molar-refractivity contribution in [2.75, 3.05) is 11.4 Å². The van der Waals surface area contributed by atoms with Gasteiger partial charge < -0.3 is 15.0 Å². The summed E-state index contributed by atoms with van der Waals surface area (Å²) in [6.07, 6.45) is -0.605. The summed E-state index contributed by atoms with van der Waals surface area (Å²) in [5.74, 6) is 0.174. The number of rotatable bonds is 4. The van der Waals surface area contributed by atoms with Gasteiger partial charge in [0.25, 0.3) is 5.91 Å². The molecule has 4 rings (SSSR count). The number of nitrogens with one attached hydrogen (secondary N) is 2. The van der Waals surface area contributed by atoms with Crippen molar-refractivity contribution in [2.24, 2.45) is 0 Å². The van der Waals surface area contributed by atoms with Gasteiger partial charge in [-0.2, -0.15) is 0 Å². The Morgan fingerprint density at radius 2 is 1.96 bits per heavy atom. The molecule has 0 saturated heterocycles. The first-order valence-electron chi connectivity index (χ1n) is 8.52. The number of para-hydroxylation sites is 3. The first kappa shape index (κ1) is 16.2. The third kappa shape index (κ3) is 3.01. The number of nitrogens with zero attached hydrogens (tertiary/aromatic N) is 1. The largest absolute Gasteiger partial charge is 0.479 e. The summed E-state index contributed by atoms with van der Waals surface area (Å²) in [4.78, 5) is 29.6. The van der Waals surface area contributed by atoms with Gasteiger partial charge in [0.05, 0.1) is 12.2 Å². The van der Waals surface area contributed by atoms with E-state index in [1.54, 1.807) is 19.1 Å². The quantitative estimate of drug-likeness (QED) is 0.760. The topological polar surface area (TPSA) is 74.4 Å². The fraction of sp³-hybridized carbons (Fsp3) is 0.200. The molecule has 1 aromatic heterocycles. The molecule has 0 spiro atoms. The maximum atomic E-state index is 12.4. The molecule has 6 heteroatoms. The molecule has 1 aliphatic rings. The highest BCUT2D eigenvalue weighted by atomic mass is 16.5. The standard InChI is InChI=1S/C20H19N3O3/c1-13-20(25)23(17-8-4-5-9-18(17)26-13)12-19(24)21-11-15-10-14-6-2-3-7-16(14)22-15/h2-10,13,22H,11-12H2,1H3,(H,21,24)/t13-/m1/s1. The second-order valence-corrected chi connectivity index (χ2v) is 6.31. The summed E-state index contributed by atoms with van der Waals surface area (Å²) in [6, 6.07) is 17.2. The van der Waals surface area contributed by atoms with Crippen LogP contribution in [0.15, 0.2) is 54.6 Å². The van der Waals surface area contributed by atoms with Gasteiger partial charge in [-0.3, -0.25) is 14.5 Å². The number of amides is 2. The van der Waals surface area contributed by atoms with Crippen molar-refractivity contribution in [3.05, 3.63) is 60.3 Å². The Kier molecular flexibility index (Phi) is 4.08. The maximum absolute atomic E-state index is 12.4. The Morgan fingerprint density at radius 1 is 1.19 bits per heavy atom. The van der Waals surface area contributed by atoms with Crippen molar-refractivity contribution in [3.8, 4) is 5.75 Å². The Balaban J connectivity index is 1.45. The molecule has 132 valence electrons. The Labute approximate surface area is 150 Å². The molecular formula is C20H19N3O3. The maximum Gasteiger partial charge on any atom is 0.268 e. The van der Waals surface area contributed by atoms with Gasteiger partial charge in [-0.25, -0.2) is 0 Å². The van der Waals surface area contributed by atoms with E-state index in [0.29, 0.717) is 18.0 Å². The van der Waals surface area contributed by atoms with Crippen LogP contribution >= 0.6 is 0 Å². The lowest BCUT2D eigenvalue weighted by Crippen LogP contribution is -2.48. The number of fused-ring (bicyclic) bond motifs is 2. The van der Waals surface area contributed by atoms with Gasteiger partial charge in [0.1, 0.15) is 12.3 Å². The number of carbonyl (C=O) groups excluding carboxylic acids is 2. The van der Waals surface area contributed by atoms with Gasteiger partial charge in [-0.15, -0.1) is 0 Å². The average Bonchev–Trinajstić information content (AvgIpc) is 3.07. The molecule has 1 atom stereocenters. The first-order chi connectivity index (χ1) is 12.6. The van der Waals surface area contributed by atoms with Crippen LogP contribution in [-0.2, 0) is 16.1 Å². The van der Waals surface area contributed by atoms with Crippen LogP contribution in [0.3, 0.4) is 0 Å². The lowest BCUT2D eigenvalue weighted by atomic mass is 10.2. The van der Waals surface area contributed by atoms with Crippen LogP contribution in [0.25, 0.3) is 10.9 Å². The van der Waals surface area contributed by atoms with Gasteiger partial charge in [0.15, 0.2) is 6.10 Å². The summed E-state index contributed by atoms with van der Waals surface area (Å²) in [5.41, 5.74) is 2.57. The number of aromatic amines is 1. The molecule has 26 heavy (non-hydrogen) atoms. The first-order valence-corrected chi connectivity index (χ1v) is 8.52. The summed E-state index contributed by atoms with van der Waals surface area (Å²) in [6.45, 7) is 2.03. The number of H-pyrrole nitrogens is 1. The third-order valence-corrected chi connectivity index (χ3v) is 4.44. The second-order valence-electron chi connectivity index (χ2n) is 6.31. The van der Waals surface area contributed by atoms with E-state index in [1.807, 2.05) is 42.5 Å². The van der Waals surface area contributed by atoms with Crippen LogP contribution < -0.4 is 15.0 Å². The van der Waals surface area contributed by atoms with Crippen LogP contribution in [0.2, 0.25) is 0 Å². The molecule has 2 amide bonds. The van der Waals surface area contributed by atoms with E-state index in [-0.39, 0.29) is 18.4 Å². The van der Waals surface area contributed by atoms with Crippen LogP contribution in [0.4, 0.5) is 5.69 Å². The minimum atomic E-state index is -0.605. The molecule has 0 fully saturated rings. The zero-order valence-corrected chi connectivity index (χ0v) is 14.4. The highest BCUT2D eigenvalue weighted by molar-refractivity contribution is 6.03. The van der Waals surface area contributed by atoms with Crippen molar-refractivity contribution < 1.29 is 14.3 Å². The highest BCUT2D eigenvalue weighted by Crippen LogP contribution is 2.33. The van der Waals surface area contributed by atoms with E-state index >= 15 is 0 Å². The normalized spacial score (nSPS) is 16.3. The number of anilines is 1. The van der Waals surface area contributed by atoms with Crippen molar-refractivity contribution in [2.45, 2.75) is 19.6 Å². The Hall–Kier alpha value is -3.28. The van der Waals surface area contributed by atoms with Gasteiger partial charge in [0, 0.05) is 11.2 Å². The summed E-state index contributed by atoms with van der Waals surface area (Å²) in [5, 5.41) is 3.97. The van der Waals surface area contributed by atoms with Crippen LogP contribution in [0.5, 0.6) is 5.75 Å². The summed E-state index contributed by atoms with van der Waals surface area (Å²) >= 11 is 0. The lowest BCUT2D eigenvalue weighted by Gasteiger charge is -2.32. The third-order valence-electron chi connectivity index (χ3n) is 4.44. The fourth-order valence-corrected chi connectivity index (χ4v) is 3.14. The smallest absolute Gasteiger partial charge is 0.268 e. The van der Waals surface area contributed by atoms with E-state index in [2.05, 4.69) is 10.3 Å². The average molecular weight is 349 g/mol. The Morgan fingerprint density at radius 3 is 2.81 bits per heavy atom. The van der Waals surface area contributed by atoms with E-state index in [9.17, 15) is 9.59 Å². The number of hydrogen-bond donors (Lipinski definition) is 2. The molecule has 2 N–H and O–H groups in total. The van der Waals surface area contributed by atoms with E-state index < -0.39 is 6.10 Å². The van der Waals surface area contributed by atoms with Crippen molar-refractivity contribution in [1.82, 2.24) is 10.3 Å². The molecule has 3 aromatic rings. The number of aromatic nitrogens is 1.